The monoisotopic (exact) mass is 269 g/mol. The highest BCUT2D eigenvalue weighted by Crippen LogP contribution is 2.12. The number of amides is 1. The molecule has 4 nitrogen and oxygen atoms in total. The Labute approximate surface area is 111 Å². The molecule has 0 saturated carbocycles. The number of carbonyl (C=O) groups excluding carboxylic acids is 1. The van der Waals surface area contributed by atoms with Crippen molar-refractivity contribution in [1.82, 2.24) is 5.32 Å². The summed E-state index contributed by atoms with van der Waals surface area (Å²) in [6.07, 6.45) is 1.98. The van der Waals surface area contributed by atoms with E-state index >= 15 is 0 Å². The fourth-order valence-corrected chi connectivity index (χ4v) is 2.39. The third-order valence-corrected chi connectivity index (χ3v) is 3.59. The number of hydrogen-bond acceptors (Lipinski definition) is 3. The first kappa shape index (κ1) is 14.7. The highest BCUT2D eigenvalue weighted by molar-refractivity contribution is 7.09. The van der Waals surface area contributed by atoms with Crippen LogP contribution >= 0.6 is 11.3 Å². The summed E-state index contributed by atoms with van der Waals surface area (Å²) in [6, 6.07) is 3.23. The van der Waals surface area contributed by atoms with Crippen LogP contribution in [-0.4, -0.2) is 23.0 Å². The van der Waals surface area contributed by atoms with Crippen molar-refractivity contribution in [1.29, 1.82) is 0 Å². The number of carboxylic acids is 1. The van der Waals surface area contributed by atoms with E-state index in [4.69, 9.17) is 5.11 Å². The van der Waals surface area contributed by atoms with E-state index in [2.05, 4.69) is 5.32 Å². The summed E-state index contributed by atoms with van der Waals surface area (Å²) in [6.45, 7) is 3.56. The van der Waals surface area contributed by atoms with E-state index in [1.54, 1.807) is 25.2 Å². The minimum atomic E-state index is -0.975. The predicted octanol–water partition coefficient (Wildman–Crippen LogP) is 2.30. The topological polar surface area (TPSA) is 66.4 Å². The minimum absolute atomic E-state index is 0.108. The van der Waals surface area contributed by atoms with E-state index in [9.17, 15) is 9.59 Å². The Kier molecular flexibility index (Phi) is 5.85. The van der Waals surface area contributed by atoms with Crippen LogP contribution in [0.15, 0.2) is 17.5 Å². The minimum Gasteiger partial charge on any atom is -0.480 e. The van der Waals surface area contributed by atoms with Gasteiger partial charge in [0.05, 0.1) is 0 Å². The van der Waals surface area contributed by atoms with Gasteiger partial charge in [-0.05, 0) is 30.2 Å². The van der Waals surface area contributed by atoms with E-state index in [1.807, 2.05) is 17.5 Å². The van der Waals surface area contributed by atoms with Gasteiger partial charge in [-0.25, -0.2) is 4.79 Å². The molecular formula is C13H19NO3S. The second-order valence-corrected chi connectivity index (χ2v) is 5.59. The van der Waals surface area contributed by atoms with Gasteiger partial charge in [-0.3, -0.25) is 4.79 Å². The largest absolute Gasteiger partial charge is 0.480 e. The zero-order valence-electron chi connectivity index (χ0n) is 10.7. The third kappa shape index (κ3) is 4.87. The standard InChI is InChI=1S/C13H19NO3S/c1-9(2)12(13(16)17)14-11(15)7-3-5-10-6-4-8-18-10/h4,6,8-9,12H,3,5,7H2,1-2H3,(H,14,15)(H,16,17)/t12-/m0/s1. The first-order valence-corrected chi connectivity index (χ1v) is 6.93. The summed E-state index contributed by atoms with van der Waals surface area (Å²) in [5, 5.41) is 13.5. The van der Waals surface area contributed by atoms with E-state index < -0.39 is 12.0 Å². The van der Waals surface area contributed by atoms with Crippen LogP contribution in [-0.2, 0) is 16.0 Å². The second kappa shape index (κ2) is 7.16. The summed E-state index contributed by atoms with van der Waals surface area (Å²) >= 11 is 1.67. The van der Waals surface area contributed by atoms with Crippen LogP contribution in [0.2, 0.25) is 0 Å². The smallest absolute Gasteiger partial charge is 0.326 e. The molecule has 1 aromatic heterocycles. The van der Waals surface area contributed by atoms with Gasteiger partial charge < -0.3 is 10.4 Å². The Balaban J connectivity index is 2.30. The molecule has 5 heteroatoms. The van der Waals surface area contributed by atoms with Crippen LogP contribution in [0, 0.1) is 5.92 Å². The lowest BCUT2D eigenvalue weighted by Crippen LogP contribution is -2.44. The number of thiophene rings is 1. The van der Waals surface area contributed by atoms with Crippen molar-refractivity contribution in [2.75, 3.05) is 0 Å². The Hall–Kier alpha value is -1.36. The molecule has 18 heavy (non-hydrogen) atoms. The third-order valence-electron chi connectivity index (χ3n) is 2.66. The average molecular weight is 269 g/mol. The molecule has 0 aliphatic rings. The van der Waals surface area contributed by atoms with Gasteiger partial charge in [0.2, 0.25) is 5.91 Å². The summed E-state index contributed by atoms with van der Waals surface area (Å²) < 4.78 is 0. The van der Waals surface area contributed by atoms with Crippen molar-refractivity contribution < 1.29 is 14.7 Å². The SMILES string of the molecule is CC(C)[C@H](NC(=O)CCCc1cccs1)C(=O)O. The van der Waals surface area contributed by atoms with Crippen LogP contribution in [0.4, 0.5) is 0 Å². The lowest BCUT2D eigenvalue weighted by atomic mass is 10.0. The molecule has 0 aliphatic heterocycles. The molecule has 1 amide bonds. The number of nitrogens with one attached hydrogen (secondary N) is 1. The normalized spacial score (nSPS) is 12.4. The van der Waals surface area contributed by atoms with Gasteiger partial charge in [0.15, 0.2) is 0 Å². The molecule has 0 radical (unpaired) electrons. The number of rotatable bonds is 7. The summed E-state index contributed by atoms with van der Waals surface area (Å²) in [4.78, 5) is 23.8. The lowest BCUT2D eigenvalue weighted by molar-refractivity contribution is -0.143. The Morgan fingerprint density at radius 2 is 2.17 bits per heavy atom. The zero-order chi connectivity index (χ0) is 13.5. The van der Waals surface area contributed by atoms with Crippen LogP contribution in [0.5, 0.6) is 0 Å². The molecule has 0 aromatic carbocycles. The van der Waals surface area contributed by atoms with Crippen molar-refractivity contribution in [3.05, 3.63) is 22.4 Å². The predicted molar refractivity (Wildman–Crippen MR) is 71.7 cm³/mol. The fraction of sp³-hybridized carbons (Fsp3) is 0.538. The maximum atomic E-state index is 11.6. The number of hydrogen-bond donors (Lipinski definition) is 2. The number of aliphatic carboxylic acids is 1. The Morgan fingerprint density at radius 1 is 1.44 bits per heavy atom. The fourth-order valence-electron chi connectivity index (χ4n) is 1.64. The Morgan fingerprint density at radius 3 is 2.67 bits per heavy atom. The number of carbonyl (C=O) groups is 2. The van der Waals surface area contributed by atoms with E-state index in [0.29, 0.717) is 6.42 Å². The summed E-state index contributed by atoms with van der Waals surface area (Å²) in [5.41, 5.74) is 0. The summed E-state index contributed by atoms with van der Waals surface area (Å²) in [5.74, 6) is -1.27. The molecule has 100 valence electrons. The van der Waals surface area contributed by atoms with Crippen molar-refractivity contribution in [3.8, 4) is 0 Å². The highest BCUT2D eigenvalue weighted by atomic mass is 32.1. The van der Waals surface area contributed by atoms with Crippen molar-refractivity contribution in [2.24, 2.45) is 5.92 Å². The van der Waals surface area contributed by atoms with E-state index in [-0.39, 0.29) is 11.8 Å². The van der Waals surface area contributed by atoms with Crippen molar-refractivity contribution in [3.63, 3.8) is 0 Å². The second-order valence-electron chi connectivity index (χ2n) is 4.56. The number of carboxylic acid groups (broad SMARTS) is 1. The average Bonchev–Trinajstić information content (AvgIpc) is 2.78. The van der Waals surface area contributed by atoms with Gasteiger partial charge in [-0.2, -0.15) is 0 Å². The first-order chi connectivity index (χ1) is 8.50. The highest BCUT2D eigenvalue weighted by Gasteiger charge is 2.22. The molecule has 1 rings (SSSR count). The molecule has 0 saturated heterocycles. The molecule has 0 aliphatic carbocycles. The van der Waals surface area contributed by atoms with E-state index in [0.717, 1.165) is 12.8 Å². The molecule has 0 spiro atoms. The number of aryl methyl sites for hydroxylation is 1. The van der Waals surface area contributed by atoms with Crippen molar-refractivity contribution in [2.45, 2.75) is 39.2 Å². The molecule has 1 aromatic rings. The van der Waals surface area contributed by atoms with Gasteiger partial charge in [0.1, 0.15) is 6.04 Å². The zero-order valence-corrected chi connectivity index (χ0v) is 11.5. The molecule has 0 bridgehead atoms. The van der Waals surface area contributed by atoms with Gasteiger partial charge in [-0.15, -0.1) is 11.3 Å². The van der Waals surface area contributed by atoms with Gasteiger partial charge in [-0.1, -0.05) is 19.9 Å². The quantitative estimate of drug-likeness (QED) is 0.798. The molecule has 0 fully saturated rings. The molecular weight excluding hydrogens is 250 g/mol. The molecule has 0 unspecified atom stereocenters. The molecule has 1 atom stereocenters. The Bertz CT molecular complexity index is 387. The first-order valence-electron chi connectivity index (χ1n) is 6.05. The van der Waals surface area contributed by atoms with Gasteiger partial charge in [0.25, 0.3) is 0 Å². The molecule has 2 N–H and O–H groups in total. The summed E-state index contributed by atoms with van der Waals surface area (Å²) in [7, 11) is 0. The van der Waals surface area contributed by atoms with Gasteiger partial charge in [0, 0.05) is 11.3 Å². The maximum Gasteiger partial charge on any atom is 0.326 e. The van der Waals surface area contributed by atoms with Crippen LogP contribution < -0.4 is 5.32 Å². The van der Waals surface area contributed by atoms with Crippen molar-refractivity contribution >= 4 is 23.2 Å². The van der Waals surface area contributed by atoms with Crippen LogP contribution in [0.3, 0.4) is 0 Å². The lowest BCUT2D eigenvalue weighted by Gasteiger charge is -2.17. The van der Waals surface area contributed by atoms with Crippen LogP contribution in [0.1, 0.15) is 31.6 Å². The van der Waals surface area contributed by atoms with Gasteiger partial charge >= 0.3 is 5.97 Å². The molecule has 1 heterocycles. The van der Waals surface area contributed by atoms with E-state index in [1.165, 1.54) is 4.88 Å². The maximum absolute atomic E-state index is 11.6. The van der Waals surface area contributed by atoms with Crippen LogP contribution in [0.25, 0.3) is 0 Å².